The van der Waals surface area contributed by atoms with Gasteiger partial charge in [0.15, 0.2) is 0 Å². The molecule has 0 fully saturated rings. The second-order valence-electron chi connectivity index (χ2n) is 8.32. The first-order chi connectivity index (χ1) is 14.6. The van der Waals surface area contributed by atoms with E-state index >= 15 is 0 Å². The molecule has 1 aromatic carbocycles. The maximum absolute atomic E-state index is 12.7. The third kappa shape index (κ3) is 7.90. The molecule has 1 aliphatic heterocycles. The number of hydrogen-bond donors (Lipinski definition) is 0. The van der Waals surface area contributed by atoms with E-state index in [1.807, 2.05) is 6.92 Å². The first-order valence-corrected chi connectivity index (χ1v) is 11.7. The molecule has 1 aromatic rings. The Morgan fingerprint density at radius 2 is 1.74 bits per heavy atom. The molecule has 2 rings (SSSR count). The Balaban J connectivity index is 1.94. The van der Waals surface area contributed by atoms with E-state index in [2.05, 4.69) is 21.1 Å². The van der Waals surface area contributed by atoms with Crippen molar-refractivity contribution < 1.29 is 28.3 Å². The first-order valence-electron chi connectivity index (χ1n) is 10.4. The van der Waals surface area contributed by atoms with E-state index in [4.69, 9.17) is 21.7 Å². The van der Waals surface area contributed by atoms with Gasteiger partial charge in [0, 0.05) is 24.6 Å². The Morgan fingerprint density at radius 3 is 2.29 bits per heavy atom. The Morgan fingerprint density at radius 1 is 1.13 bits per heavy atom. The predicted octanol–water partition coefficient (Wildman–Crippen LogP) is 3.13. The predicted molar refractivity (Wildman–Crippen MR) is 125 cm³/mol. The fraction of sp³-hybridized carbons (Fsp3) is 0.545. The number of thioether (sulfide) groups is 1. The molecule has 170 valence electrons. The summed E-state index contributed by atoms with van der Waals surface area (Å²) in [5.41, 5.74) is 0.806. The van der Waals surface area contributed by atoms with E-state index in [1.165, 1.54) is 16.7 Å². The molecule has 0 spiro atoms. The molecule has 1 unspecified atom stereocenters. The largest absolute Gasteiger partial charge is 0.479 e. The Labute approximate surface area is 193 Å². The van der Waals surface area contributed by atoms with Crippen LogP contribution in [-0.2, 0) is 14.3 Å². The number of thiocarbonyl (C=S) groups is 1. The number of hydrogen-bond acceptors (Lipinski definition) is 7. The lowest BCUT2D eigenvalue weighted by atomic mass is 10.1. The van der Waals surface area contributed by atoms with Gasteiger partial charge < -0.3 is 14.0 Å². The van der Waals surface area contributed by atoms with E-state index in [1.54, 1.807) is 24.3 Å². The maximum Gasteiger partial charge on any atom is 0.305 e. The summed E-state index contributed by atoms with van der Waals surface area (Å²) in [7, 11) is 6.26. The molecule has 0 saturated carbocycles. The average molecular weight is 468 g/mol. The molecule has 1 heterocycles. The van der Waals surface area contributed by atoms with Crippen molar-refractivity contribution in [3.8, 4) is 0 Å². The van der Waals surface area contributed by atoms with Crippen LogP contribution in [0.4, 0.5) is 0 Å². The third-order valence-electron chi connectivity index (χ3n) is 4.70. The van der Waals surface area contributed by atoms with Crippen LogP contribution in [0.3, 0.4) is 0 Å². The number of carbonyl (C=O) groups is 3. The molecule has 0 N–H and O–H groups in total. The maximum atomic E-state index is 12.7. The van der Waals surface area contributed by atoms with Crippen LogP contribution < -0.4 is 0 Å². The van der Waals surface area contributed by atoms with Crippen LogP contribution in [0.2, 0.25) is 0 Å². The first kappa shape index (κ1) is 25.3. The highest BCUT2D eigenvalue weighted by Crippen LogP contribution is 2.27. The number of esters is 1. The molecule has 1 atom stereocenters. The van der Waals surface area contributed by atoms with Crippen molar-refractivity contribution in [1.29, 1.82) is 0 Å². The average Bonchev–Trinajstić information content (AvgIpc) is 2.94. The minimum atomic E-state index is -0.323. The zero-order valence-corrected chi connectivity index (χ0v) is 20.2. The number of carbonyl (C=O) groups excluding carboxylic acids is 3. The SMILES string of the molecule is CCOC(=S)SC(CCC(=O)OCCC[N+](C)(C)C)CN1C(=O)c2ccccc2C1=O. The van der Waals surface area contributed by atoms with E-state index in [9.17, 15) is 14.4 Å². The second-order valence-corrected chi connectivity index (χ2v) is 10.2. The molecular formula is C22H31N2O5S2+. The van der Waals surface area contributed by atoms with Gasteiger partial charge in [-0.15, -0.1) is 0 Å². The molecule has 2 amide bonds. The van der Waals surface area contributed by atoms with Crippen molar-refractivity contribution in [2.24, 2.45) is 0 Å². The van der Waals surface area contributed by atoms with Gasteiger partial charge in [-0.1, -0.05) is 23.9 Å². The van der Waals surface area contributed by atoms with Crippen molar-refractivity contribution in [1.82, 2.24) is 4.90 Å². The highest BCUT2D eigenvalue weighted by Gasteiger charge is 2.36. The zero-order chi connectivity index (χ0) is 23.0. The van der Waals surface area contributed by atoms with Crippen LogP contribution in [0.25, 0.3) is 0 Å². The van der Waals surface area contributed by atoms with Gasteiger partial charge in [0.05, 0.1) is 52.0 Å². The molecule has 7 nitrogen and oxygen atoms in total. The van der Waals surface area contributed by atoms with Crippen LogP contribution >= 0.6 is 24.0 Å². The fourth-order valence-electron chi connectivity index (χ4n) is 3.16. The summed E-state index contributed by atoms with van der Waals surface area (Å²) < 4.78 is 11.8. The van der Waals surface area contributed by atoms with Gasteiger partial charge in [-0.3, -0.25) is 19.3 Å². The molecule has 1 aliphatic rings. The standard InChI is InChI=1S/C22H31N2O5S2/c1-5-28-22(30)31-16(11-12-19(25)29-14-8-13-24(2,3)4)15-23-20(26)17-9-6-7-10-18(17)21(23)27/h6-7,9-10,16H,5,8,11-15H2,1-4H3/q+1. The van der Waals surface area contributed by atoms with Gasteiger partial charge in [0.25, 0.3) is 11.8 Å². The molecule has 9 heteroatoms. The number of imide groups is 1. The van der Waals surface area contributed by atoms with Crippen molar-refractivity contribution in [2.45, 2.75) is 31.4 Å². The molecule has 0 aliphatic carbocycles. The van der Waals surface area contributed by atoms with E-state index in [0.717, 1.165) is 17.4 Å². The summed E-state index contributed by atoms with van der Waals surface area (Å²) >= 11 is 6.50. The lowest BCUT2D eigenvalue weighted by Crippen LogP contribution is -2.36. The van der Waals surface area contributed by atoms with Crippen LogP contribution in [0.15, 0.2) is 24.3 Å². The molecular weight excluding hydrogens is 436 g/mol. The van der Waals surface area contributed by atoms with Crippen molar-refractivity contribution in [3.05, 3.63) is 35.4 Å². The smallest absolute Gasteiger partial charge is 0.305 e. The van der Waals surface area contributed by atoms with Crippen LogP contribution in [0, 0.1) is 0 Å². The minimum Gasteiger partial charge on any atom is -0.479 e. The Hall–Kier alpha value is -1.97. The highest BCUT2D eigenvalue weighted by molar-refractivity contribution is 8.23. The fourth-order valence-corrected chi connectivity index (χ4v) is 4.60. The van der Waals surface area contributed by atoms with Gasteiger partial charge >= 0.3 is 5.97 Å². The zero-order valence-electron chi connectivity index (χ0n) is 18.6. The summed E-state index contributed by atoms with van der Waals surface area (Å²) in [6.45, 7) is 3.70. The quantitative estimate of drug-likeness (QED) is 0.163. The summed E-state index contributed by atoms with van der Waals surface area (Å²) in [5.74, 6) is -0.940. The molecule has 0 saturated heterocycles. The lowest BCUT2D eigenvalue weighted by molar-refractivity contribution is -0.870. The summed E-state index contributed by atoms with van der Waals surface area (Å²) in [4.78, 5) is 38.8. The summed E-state index contributed by atoms with van der Waals surface area (Å²) in [5, 5.41) is -0.264. The number of quaternary nitrogens is 1. The van der Waals surface area contributed by atoms with Gasteiger partial charge in [0.1, 0.15) is 0 Å². The van der Waals surface area contributed by atoms with Crippen molar-refractivity contribution >= 4 is 46.1 Å². The number of amides is 2. The summed E-state index contributed by atoms with van der Waals surface area (Å²) in [6.07, 6.45) is 1.39. The van der Waals surface area contributed by atoms with E-state index in [-0.39, 0.29) is 36.0 Å². The van der Waals surface area contributed by atoms with Gasteiger partial charge in [0.2, 0.25) is 4.38 Å². The highest BCUT2D eigenvalue weighted by atomic mass is 32.2. The van der Waals surface area contributed by atoms with Gasteiger partial charge in [-0.25, -0.2) is 0 Å². The minimum absolute atomic E-state index is 0.152. The molecule has 0 bridgehead atoms. The topological polar surface area (TPSA) is 72.9 Å². The van der Waals surface area contributed by atoms with E-state index < -0.39 is 0 Å². The number of ether oxygens (including phenoxy) is 2. The monoisotopic (exact) mass is 467 g/mol. The lowest BCUT2D eigenvalue weighted by Gasteiger charge is -2.23. The normalized spacial score (nSPS) is 14.4. The van der Waals surface area contributed by atoms with Crippen LogP contribution in [0.1, 0.15) is 46.9 Å². The third-order valence-corrected chi connectivity index (χ3v) is 6.13. The molecule has 0 radical (unpaired) electrons. The van der Waals surface area contributed by atoms with Crippen LogP contribution in [-0.4, -0.2) is 84.2 Å². The Kier molecular flexibility index (Phi) is 9.46. The van der Waals surface area contributed by atoms with Gasteiger partial charge in [-0.2, -0.15) is 0 Å². The Bertz CT molecular complexity index is 787. The van der Waals surface area contributed by atoms with Crippen molar-refractivity contribution in [3.63, 3.8) is 0 Å². The van der Waals surface area contributed by atoms with Crippen LogP contribution in [0.5, 0.6) is 0 Å². The summed E-state index contributed by atoms with van der Waals surface area (Å²) in [6, 6.07) is 6.77. The number of benzene rings is 1. The molecule has 0 aromatic heterocycles. The van der Waals surface area contributed by atoms with E-state index in [0.29, 0.717) is 35.1 Å². The number of rotatable bonds is 11. The molecule has 31 heavy (non-hydrogen) atoms. The van der Waals surface area contributed by atoms with Crippen molar-refractivity contribution in [2.75, 3.05) is 47.4 Å². The number of fused-ring (bicyclic) bond motifs is 1. The number of nitrogens with zero attached hydrogens (tertiary/aromatic N) is 2. The second kappa shape index (κ2) is 11.6. The van der Waals surface area contributed by atoms with Gasteiger partial charge in [-0.05, 0) is 37.7 Å².